The molecule has 3 atom stereocenters. The maximum Gasteiger partial charge on any atom is 0.260 e. The molecule has 2 aromatic rings. The minimum atomic E-state index is -0.534. The first-order chi connectivity index (χ1) is 12.6. The summed E-state index contributed by atoms with van der Waals surface area (Å²) in [5.41, 5.74) is 8.41. The van der Waals surface area contributed by atoms with Gasteiger partial charge in [-0.05, 0) is 31.0 Å². The van der Waals surface area contributed by atoms with Crippen molar-refractivity contribution in [1.82, 2.24) is 0 Å². The Morgan fingerprint density at radius 3 is 2.65 bits per heavy atom. The van der Waals surface area contributed by atoms with E-state index in [9.17, 15) is 9.90 Å². The molecule has 2 aromatic carbocycles. The summed E-state index contributed by atoms with van der Waals surface area (Å²) in [4.78, 5) is 14.4. The minimum Gasteiger partial charge on any atom is -0.493 e. The average Bonchev–Trinajstić information content (AvgIpc) is 3.17. The number of fused-ring (bicyclic) bond motifs is 1. The molecule has 3 N–H and O–H groups in total. The number of hydrogen-bond donors (Lipinski definition) is 2. The molecule has 0 spiro atoms. The molecular formula is C20H22N2O4. The zero-order valence-corrected chi connectivity index (χ0v) is 14.6. The number of carbonyl (C=O) groups excluding carboxylic acids is 1. The Morgan fingerprint density at radius 2 is 1.96 bits per heavy atom. The molecule has 1 aliphatic carbocycles. The number of nitrogens with two attached hydrogens (primary N) is 1. The molecule has 6 heteroatoms. The van der Waals surface area contributed by atoms with Gasteiger partial charge in [-0.2, -0.15) is 0 Å². The number of nitrogens with zero attached hydrogens (tertiary/aromatic N) is 1. The lowest BCUT2D eigenvalue weighted by Gasteiger charge is -2.24. The van der Waals surface area contributed by atoms with Gasteiger partial charge in [-0.1, -0.05) is 18.2 Å². The molecule has 0 radical (unpaired) electrons. The number of carbonyl (C=O) groups is 1. The van der Waals surface area contributed by atoms with Crippen LogP contribution in [0.4, 0.5) is 5.69 Å². The lowest BCUT2D eigenvalue weighted by atomic mass is 10.1. The van der Waals surface area contributed by atoms with Crippen molar-refractivity contribution >= 4 is 11.6 Å². The topological polar surface area (TPSA) is 85.0 Å². The predicted molar refractivity (Wildman–Crippen MR) is 97.4 cm³/mol. The van der Waals surface area contributed by atoms with E-state index in [0.717, 1.165) is 18.4 Å². The van der Waals surface area contributed by atoms with Crippen LogP contribution in [0.3, 0.4) is 0 Å². The Morgan fingerprint density at radius 1 is 1.15 bits per heavy atom. The number of ether oxygens (including phenoxy) is 2. The fourth-order valence-corrected chi connectivity index (χ4v) is 3.73. The molecule has 26 heavy (non-hydrogen) atoms. The summed E-state index contributed by atoms with van der Waals surface area (Å²) in [5.74, 6) is 1.02. The zero-order valence-electron chi connectivity index (χ0n) is 14.6. The second-order valence-corrected chi connectivity index (χ2v) is 6.75. The lowest BCUT2D eigenvalue weighted by Crippen LogP contribution is -2.32. The fourth-order valence-electron chi connectivity index (χ4n) is 3.73. The van der Waals surface area contributed by atoms with E-state index in [1.165, 1.54) is 0 Å². The van der Waals surface area contributed by atoms with Gasteiger partial charge in [0.25, 0.3) is 5.91 Å². The van der Waals surface area contributed by atoms with Crippen LogP contribution in [0, 0.1) is 0 Å². The number of hydrogen-bond acceptors (Lipinski definition) is 5. The summed E-state index contributed by atoms with van der Waals surface area (Å²) in [6, 6.07) is 12.7. The molecule has 1 fully saturated rings. The van der Waals surface area contributed by atoms with E-state index in [-0.39, 0.29) is 18.1 Å². The molecule has 4 rings (SSSR count). The molecule has 1 aliphatic heterocycles. The number of aliphatic hydroxyl groups is 1. The van der Waals surface area contributed by atoms with E-state index in [1.54, 1.807) is 36.3 Å². The van der Waals surface area contributed by atoms with Gasteiger partial charge in [0.1, 0.15) is 12.3 Å². The quantitative estimate of drug-likeness (QED) is 0.882. The van der Waals surface area contributed by atoms with Gasteiger partial charge >= 0.3 is 0 Å². The van der Waals surface area contributed by atoms with Crippen molar-refractivity contribution < 1.29 is 19.4 Å². The van der Waals surface area contributed by atoms with Crippen molar-refractivity contribution in [3.8, 4) is 11.5 Å². The van der Waals surface area contributed by atoms with Crippen LogP contribution in [0.15, 0.2) is 42.5 Å². The summed E-state index contributed by atoms with van der Waals surface area (Å²) in [7, 11) is 1.58. The second-order valence-electron chi connectivity index (χ2n) is 6.75. The zero-order chi connectivity index (χ0) is 18.3. The van der Waals surface area contributed by atoms with E-state index >= 15 is 0 Å². The number of rotatable bonds is 4. The highest BCUT2D eigenvalue weighted by atomic mass is 16.5. The molecular weight excluding hydrogens is 332 g/mol. The number of amides is 1. The van der Waals surface area contributed by atoms with Gasteiger partial charge in [0.05, 0.1) is 13.2 Å². The van der Waals surface area contributed by atoms with Gasteiger partial charge in [0, 0.05) is 29.3 Å². The minimum absolute atomic E-state index is 0.0608. The van der Waals surface area contributed by atoms with Crippen LogP contribution in [-0.2, 0) is 0 Å². The van der Waals surface area contributed by atoms with Crippen LogP contribution >= 0.6 is 0 Å². The third kappa shape index (κ3) is 2.81. The summed E-state index contributed by atoms with van der Waals surface area (Å²) in [6.45, 7) is 0. The fraction of sp³-hybridized carbons (Fsp3) is 0.350. The molecule has 0 saturated heterocycles. The summed E-state index contributed by atoms with van der Waals surface area (Å²) in [5, 5.41) is 9.72. The molecule has 3 unspecified atom stereocenters. The average molecular weight is 354 g/mol. The number of methoxy groups -OCH3 is 1. The monoisotopic (exact) mass is 354 g/mol. The molecule has 2 aliphatic rings. The van der Waals surface area contributed by atoms with E-state index < -0.39 is 6.17 Å². The van der Waals surface area contributed by atoms with Crippen LogP contribution < -0.4 is 20.1 Å². The highest BCUT2D eigenvalue weighted by molar-refractivity contribution is 6.11. The third-order valence-corrected chi connectivity index (χ3v) is 5.08. The van der Waals surface area contributed by atoms with Gasteiger partial charge in [0.15, 0.2) is 11.5 Å². The smallest absolute Gasteiger partial charge is 0.260 e. The summed E-state index contributed by atoms with van der Waals surface area (Å²) < 4.78 is 11.4. The molecule has 0 aromatic heterocycles. The highest BCUT2D eigenvalue weighted by Crippen LogP contribution is 2.39. The van der Waals surface area contributed by atoms with Crippen LogP contribution in [0.1, 0.15) is 41.3 Å². The van der Waals surface area contributed by atoms with Crippen molar-refractivity contribution in [2.75, 3.05) is 12.0 Å². The van der Waals surface area contributed by atoms with Gasteiger partial charge < -0.3 is 20.3 Å². The maximum atomic E-state index is 12.8. The van der Waals surface area contributed by atoms with Gasteiger partial charge in [-0.25, -0.2) is 0 Å². The Labute approximate surface area is 152 Å². The second kappa shape index (κ2) is 6.63. The molecule has 6 nitrogen and oxygen atoms in total. The van der Waals surface area contributed by atoms with E-state index in [1.807, 2.05) is 18.2 Å². The van der Waals surface area contributed by atoms with Crippen molar-refractivity contribution in [2.24, 2.45) is 5.73 Å². The maximum absolute atomic E-state index is 12.8. The standard InChI is InChI=1S/C20H22N2O4/c1-25-17-9-6-12(10-18(17)26-14-8-7-13(23)11-14)22-19(21)15-4-2-3-5-16(15)20(22)24/h2-6,9-10,13-14,19,23H,7-8,11,21H2,1H3. The molecule has 136 valence electrons. The van der Waals surface area contributed by atoms with Crippen LogP contribution in [0.5, 0.6) is 11.5 Å². The van der Waals surface area contributed by atoms with Crippen molar-refractivity contribution in [3.05, 3.63) is 53.6 Å². The summed E-state index contributed by atoms with van der Waals surface area (Å²) >= 11 is 0. The van der Waals surface area contributed by atoms with Crippen LogP contribution in [0.2, 0.25) is 0 Å². The van der Waals surface area contributed by atoms with Crippen molar-refractivity contribution in [1.29, 1.82) is 0 Å². The first kappa shape index (κ1) is 16.9. The van der Waals surface area contributed by atoms with E-state index in [4.69, 9.17) is 15.2 Å². The van der Waals surface area contributed by atoms with Gasteiger partial charge in [-0.3, -0.25) is 9.69 Å². The Balaban J connectivity index is 1.65. The van der Waals surface area contributed by atoms with E-state index in [0.29, 0.717) is 29.2 Å². The van der Waals surface area contributed by atoms with Crippen LogP contribution in [0.25, 0.3) is 0 Å². The lowest BCUT2D eigenvalue weighted by molar-refractivity contribution is 0.0991. The van der Waals surface area contributed by atoms with Gasteiger partial charge in [-0.15, -0.1) is 0 Å². The third-order valence-electron chi connectivity index (χ3n) is 5.08. The molecule has 1 saturated carbocycles. The Hall–Kier alpha value is -2.57. The SMILES string of the molecule is COc1ccc(N2C(=O)c3ccccc3C2N)cc1OC1CCC(O)C1. The predicted octanol–water partition coefficient (Wildman–Crippen LogP) is 2.61. The largest absolute Gasteiger partial charge is 0.493 e. The number of anilines is 1. The van der Waals surface area contributed by atoms with Crippen molar-refractivity contribution in [2.45, 2.75) is 37.6 Å². The Bertz CT molecular complexity index is 838. The van der Waals surface area contributed by atoms with Crippen molar-refractivity contribution in [3.63, 3.8) is 0 Å². The molecule has 1 heterocycles. The first-order valence-electron chi connectivity index (χ1n) is 8.79. The number of aliphatic hydroxyl groups excluding tert-OH is 1. The van der Waals surface area contributed by atoms with Gasteiger partial charge in [0.2, 0.25) is 0 Å². The molecule has 1 amide bonds. The summed E-state index contributed by atoms with van der Waals surface area (Å²) in [6.07, 6.45) is 1.21. The first-order valence-corrected chi connectivity index (χ1v) is 8.79. The van der Waals surface area contributed by atoms with E-state index in [2.05, 4.69) is 0 Å². The normalized spacial score (nSPS) is 24.7. The Kier molecular flexibility index (Phi) is 4.30. The highest BCUT2D eigenvalue weighted by Gasteiger charge is 2.35. The van der Waals surface area contributed by atoms with Crippen LogP contribution in [-0.4, -0.2) is 30.3 Å². The number of benzene rings is 2. The molecule has 0 bridgehead atoms.